The van der Waals surface area contributed by atoms with Gasteiger partial charge in [-0.2, -0.15) is 13.2 Å². The summed E-state index contributed by atoms with van der Waals surface area (Å²) in [4.78, 5) is 11.6. The van der Waals surface area contributed by atoms with Crippen LogP contribution in [0.15, 0.2) is 16.6 Å². The number of fused-ring (bicyclic) bond motifs is 1. The number of anilines is 1. The monoisotopic (exact) mass is 323 g/mol. The molecular weight excluding hydrogens is 315 g/mol. The van der Waals surface area contributed by atoms with Crippen LogP contribution in [0.2, 0.25) is 0 Å². The van der Waals surface area contributed by atoms with Crippen LogP contribution in [-0.2, 0) is 11.0 Å². The number of carbonyl (C=O) groups excluding carboxylic acids is 1. The fraction of sp³-hybridized carbons (Fsp3) is 0.364. The molecule has 0 unspecified atom stereocenters. The Morgan fingerprint density at radius 3 is 2.50 bits per heavy atom. The van der Waals surface area contributed by atoms with Crippen molar-refractivity contribution in [3.05, 3.63) is 22.2 Å². The molecule has 1 aromatic carbocycles. The summed E-state index contributed by atoms with van der Waals surface area (Å²) in [5.74, 6) is -0.841. The molecule has 1 aliphatic rings. The Balaban J connectivity index is 2.65. The summed E-state index contributed by atoms with van der Waals surface area (Å²) in [5, 5.41) is 2.41. The highest BCUT2D eigenvalue weighted by atomic mass is 79.9. The zero-order valence-electron chi connectivity index (χ0n) is 9.48. The first kappa shape index (κ1) is 13.2. The lowest BCUT2D eigenvalue weighted by atomic mass is 10.0. The maximum atomic E-state index is 13.0. The van der Waals surface area contributed by atoms with Crippen LogP contribution in [0.1, 0.15) is 19.4 Å². The fourth-order valence-corrected chi connectivity index (χ4v) is 2.14. The van der Waals surface area contributed by atoms with Gasteiger partial charge >= 0.3 is 6.18 Å². The van der Waals surface area contributed by atoms with E-state index in [4.69, 9.17) is 4.74 Å². The largest absolute Gasteiger partial charge is 0.475 e. The highest BCUT2D eigenvalue weighted by Gasteiger charge is 2.43. The van der Waals surface area contributed by atoms with Crippen LogP contribution >= 0.6 is 15.9 Å². The minimum atomic E-state index is -4.57. The molecule has 1 aliphatic heterocycles. The van der Waals surface area contributed by atoms with Gasteiger partial charge < -0.3 is 10.1 Å². The Morgan fingerprint density at radius 1 is 1.33 bits per heavy atom. The number of hydrogen-bond acceptors (Lipinski definition) is 2. The van der Waals surface area contributed by atoms with Crippen molar-refractivity contribution in [3.8, 4) is 5.75 Å². The van der Waals surface area contributed by atoms with Gasteiger partial charge in [0, 0.05) is 4.47 Å². The van der Waals surface area contributed by atoms with E-state index >= 15 is 0 Å². The van der Waals surface area contributed by atoms with E-state index in [0.717, 1.165) is 0 Å². The van der Waals surface area contributed by atoms with Crippen molar-refractivity contribution in [2.45, 2.75) is 25.6 Å². The van der Waals surface area contributed by atoms with E-state index in [0.29, 0.717) is 0 Å². The maximum absolute atomic E-state index is 13.0. The summed E-state index contributed by atoms with van der Waals surface area (Å²) >= 11 is 2.85. The van der Waals surface area contributed by atoms with Crippen LogP contribution < -0.4 is 10.1 Å². The quantitative estimate of drug-likeness (QED) is 0.792. The first-order chi connectivity index (χ1) is 8.13. The molecule has 0 aliphatic carbocycles. The molecule has 0 aromatic heterocycles. The van der Waals surface area contributed by atoms with Gasteiger partial charge in [0.25, 0.3) is 5.91 Å². The normalized spacial score (nSPS) is 17.8. The third kappa shape index (κ3) is 2.07. The molecule has 2 rings (SSSR count). The van der Waals surface area contributed by atoms with Crippen LogP contribution in [0.4, 0.5) is 18.9 Å². The minimum absolute atomic E-state index is 0.0230. The van der Waals surface area contributed by atoms with Gasteiger partial charge in [-0.1, -0.05) is 15.9 Å². The number of hydrogen-bond donors (Lipinski definition) is 1. The van der Waals surface area contributed by atoms with Gasteiger partial charge in [-0.25, -0.2) is 0 Å². The predicted octanol–water partition coefficient (Wildman–Crippen LogP) is 3.58. The summed E-state index contributed by atoms with van der Waals surface area (Å²) in [7, 11) is 0. The predicted molar refractivity (Wildman–Crippen MR) is 62.5 cm³/mol. The smallest absolute Gasteiger partial charge is 0.421 e. The van der Waals surface area contributed by atoms with E-state index in [1.54, 1.807) is 0 Å². The lowest BCUT2D eigenvalue weighted by Crippen LogP contribution is -2.46. The second-order valence-electron chi connectivity index (χ2n) is 4.36. The lowest BCUT2D eigenvalue weighted by Gasteiger charge is -2.33. The zero-order valence-corrected chi connectivity index (χ0v) is 11.1. The molecule has 0 bridgehead atoms. The van der Waals surface area contributed by atoms with Crippen molar-refractivity contribution in [1.82, 2.24) is 0 Å². The highest BCUT2D eigenvalue weighted by Crippen LogP contribution is 2.47. The summed E-state index contributed by atoms with van der Waals surface area (Å²) in [6.45, 7) is 2.82. The molecule has 0 radical (unpaired) electrons. The number of benzene rings is 1. The number of nitrogens with one attached hydrogen (secondary N) is 1. The van der Waals surface area contributed by atoms with E-state index < -0.39 is 23.2 Å². The van der Waals surface area contributed by atoms with Crippen LogP contribution in [-0.4, -0.2) is 11.5 Å². The third-order valence-corrected chi connectivity index (χ3v) is 3.20. The highest BCUT2D eigenvalue weighted by molar-refractivity contribution is 9.10. The molecule has 0 spiro atoms. The number of amides is 1. The molecule has 0 atom stereocenters. The minimum Gasteiger partial charge on any atom is -0.475 e. The Labute approximate surface area is 109 Å². The van der Waals surface area contributed by atoms with Gasteiger partial charge in [-0.05, 0) is 26.0 Å². The van der Waals surface area contributed by atoms with E-state index in [1.807, 2.05) is 0 Å². The van der Waals surface area contributed by atoms with Crippen molar-refractivity contribution < 1.29 is 22.7 Å². The number of halogens is 4. The Kier molecular flexibility index (Phi) is 2.84. The molecule has 3 nitrogen and oxygen atoms in total. The Bertz CT molecular complexity index is 526. The molecule has 18 heavy (non-hydrogen) atoms. The van der Waals surface area contributed by atoms with Gasteiger partial charge in [-0.15, -0.1) is 0 Å². The number of ether oxygens (including phenoxy) is 1. The zero-order chi connectivity index (χ0) is 13.7. The molecule has 0 saturated carbocycles. The summed E-state index contributed by atoms with van der Waals surface area (Å²) in [6, 6.07) is 2.59. The molecule has 0 fully saturated rings. The van der Waals surface area contributed by atoms with Crippen molar-refractivity contribution in [2.24, 2.45) is 0 Å². The summed E-state index contributed by atoms with van der Waals surface area (Å²) in [6.07, 6.45) is -4.57. The lowest BCUT2D eigenvalue weighted by molar-refractivity contribution is -0.143. The van der Waals surface area contributed by atoms with Crippen molar-refractivity contribution in [1.29, 1.82) is 0 Å². The van der Waals surface area contributed by atoms with Gasteiger partial charge in [0.1, 0.15) is 5.56 Å². The Morgan fingerprint density at radius 2 is 1.94 bits per heavy atom. The van der Waals surface area contributed by atoms with Gasteiger partial charge in [-0.3, -0.25) is 4.79 Å². The van der Waals surface area contributed by atoms with E-state index in [-0.39, 0.29) is 15.9 Å². The van der Waals surface area contributed by atoms with E-state index in [1.165, 1.54) is 26.0 Å². The first-order valence-electron chi connectivity index (χ1n) is 5.03. The van der Waals surface area contributed by atoms with E-state index in [2.05, 4.69) is 21.2 Å². The fourth-order valence-electron chi connectivity index (χ4n) is 1.60. The number of rotatable bonds is 0. The van der Waals surface area contributed by atoms with Crippen LogP contribution in [0.3, 0.4) is 0 Å². The molecule has 1 amide bonds. The van der Waals surface area contributed by atoms with Crippen LogP contribution in [0.25, 0.3) is 0 Å². The van der Waals surface area contributed by atoms with Crippen LogP contribution in [0, 0.1) is 0 Å². The topological polar surface area (TPSA) is 38.3 Å². The standard InChI is InChI=1S/C11H9BrF3NO2/c1-10(2)9(17)16-6-4-3-5(12)7(8(6)18-10)11(13,14)15/h3-4H,1-2H3,(H,16,17). The molecule has 98 valence electrons. The molecule has 1 aromatic rings. The average Bonchev–Trinajstić information content (AvgIpc) is 2.17. The maximum Gasteiger partial charge on any atom is 0.421 e. The molecule has 1 N–H and O–H groups in total. The summed E-state index contributed by atoms with van der Waals surface area (Å²) in [5.41, 5.74) is -2.24. The second kappa shape index (κ2) is 3.88. The van der Waals surface area contributed by atoms with Gasteiger partial charge in [0.2, 0.25) is 0 Å². The third-order valence-electron chi connectivity index (χ3n) is 2.54. The van der Waals surface area contributed by atoms with Gasteiger partial charge in [0.05, 0.1) is 5.69 Å². The number of carbonyl (C=O) groups is 1. The SMILES string of the molecule is CC1(C)Oc2c(ccc(Br)c2C(F)(F)F)NC1=O. The summed E-state index contributed by atoms with van der Waals surface area (Å²) < 4.78 is 44.0. The van der Waals surface area contributed by atoms with Crippen molar-refractivity contribution in [2.75, 3.05) is 5.32 Å². The van der Waals surface area contributed by atoms with E-state index in [9.17, 15) is 18.0 Å². The molecular formula is C11H9BrF3NO2. The molecule has 7 heteroatoms. The number of alkyl halides is 3. The second-order valence-corrected chi connectivity index (χ2v) is 5.22. The van der Waals surface area contributed by atoms with Crippen LogP contribution in [0.5, 0.6) is 5.75 Å². The first-order valence-corrected chi connectivity index (χ1v) is 5.82. The van der Waals surface area contributed by atoms with Crippen molar-refractivity contribution >= 4 is 27.5 Å². The Hall–Kier alpha value is -1.24. The molecule has 0 saturated heterocycles. The van der Waals surface area contributed by atoms with Crippen molar-refractivity contribution in [3.63, 3.8) is 0 Å². The average molecular weight is 324 g/mol. The van der Waals surface area contributed by atoms with Gasteiger partial charge in [0.15, 0.2) is 11.4 Å². The molecule has 1 heterocycles.